The fourth-order valence-electron chi connectivity index (χ4n) is 0.816. The van der Waals surface area contributed by atoms with Gasteiger partial charge in [0.1, 0.15) is 0 Å². The van der Waals surface area contributed by atoms with Crippen molar-refractivity contribution in [2.45, 2.75) is 13.5 Å². The minimum absolute atomic E-state index is 0.332. The average molecular weight is 151 g/mol. The number of rotatable bonds is 2. The Morgan fingerprint density at radius 1 is 1.82 bits per heavy atom. The highest BCUT2D eigenvalue weighted by Crippen LogP contribution is 2.01. The van der Waals surface area contributed by atoms with Crippen LogP contribution in [0.1, 0.15) is 11.4 Å². The Morgan fingerprint density at radius 2 is 2.55 bits per heavy atom. The summed E-state index contributed by atoms with van der Waals surface area (Å²) in [5.41, 5.74) is 9.90. The molecule has 0 spiro atoms. The zero-order valence-electron chi connectivity index (χ0n) is 6.52. The predicted molar refractivity (Wildman–Crippen MR) is 40.8 cm³/mol. The molecule has 0 radical (unpaired) electrons. The lowest BCUT2D eigenvalue weighted by Gasteiger charge is -1.88. The molecule has 0 saturated heterocycles. The third-order valence-electron chi connectivity index (χ3n) is 1.46. The molecule has 1 heterocycles. The van der Waals surface area contributed by atoms with Crippen molar-refractivity contribution in [2.24, 2.45) is 12.2 Å². The Hall–Kier alpha value is -1.48. The van der Waals surface area contributed by atoms with E-state index in [0.717, 1.165) is 11.4 Å². The van der Waals surface area contributed by atoms with Crippen LogP contribution in [0.5, 0.6) is 0 Å². The van der Waals surface area contributed by atoms with Crippen molar-refractivity contribution in [3.8, 4) is 0 Å². The molecule has 0 aromatic carbocycles. The molecule has 1 aromatic rings. The van der Waals surface area contributed by atoms with Crippen LogP contribution in [-0.2, 0) is 13.6 Å². The Labute approximate surface area is 64.3 Å². The summed E-state index contributed by atoms with van der Waals surface area (Å²) in [5.74, 6) is 0. The van der Waals surface area contributed by atoms with Crippen LogP contribution in [0, 0.1) is 6.92 Å². The lowest BCUT2D eigenvalue weighted by Crippen LogP contribution is -1.92. The molecular weight excluding hydrogens is 142 g/mol. The van der Waals surface area contributed by atoms with E-state index in [4.69, 9.17) is 5.53 Å². The van der Waals surface area contributed by atoms with Gasteiger partial charge in [0.05, 0.1) is 12.2 Å². The number of hydrogen-bond acceptors (Lipinski definition) is 2. The molecule has 11 heavy (non-hydrogen) atoms. The second-order valence-electron chi connectivity index (χ2n) is 2.29. The van der Waals surface area contributed by atoms with Crippen LogP contribution in [0.4, 0.5) is 0 Å². The molecule has 1 rings (SSSR count). The van der Waals surface area contributed by atoms with Crippen molar-refractivity contribution in [1.29, 1.82) is 0 Å². The lowest BCUT2D eigenvalue weighted by atomic mass is 10.4. The van der Waals surface area contributed by atoms with Crippen LogP contribution in [-0.4, -0.2) is 9.78 Å². The van der Waals surface area contributed by atoms with Crippen molar-refractivity contribution in [1.82, 2.24) is 9.78 Å². The Balaban J connectivity index is 2.80. The zero-order chi connectivity index (χ0) is 8.27. The van der Waals surface area contributed by atoms with Gasteiger partial charge in [0.25, 0.3) is 0 Å². The lowest BCUT2D eigenvalue weighted by molar-refractivity contribution is 0.720. The molecule has 5 heteroatoms. The molecule has 0 saturated carbocycles. The van der Waals surface area contributed by atoms with Crippen LogP contribution in [0.15, 0.2) is 11.2 Å². The van der Waals surface area contributed by atoms with Gasteiger partial charge < -0.3 is 0 Å². The average Bonchev–Trinajstić information content (AvgIpc) is 2.28. The van der Waals surface area contributed by atoms with Crippen LogP contribution in [0.3, 0.4) is 0 Å². The molecule has 0 atom stereocenters. The van der Waals surface area contributed by atoms with Gasteiger partial charge in [-0.25, -0.2) is 0 Å². The zero-order valence-corrected chi connectivity index (χ0v) is 6.52. The fraction of sp³-hybridized carbons (Fsp3) is 0.500. The summed E-state index contributed by atoms with van der Waals surface area (Å²) < 4.78 is 1.75. The van der Waals surface area contributed by atoms with Gasteiger partial charge in [-0.05, 0) is 18.5 Å². The SMILES string of the molecule is Cc1cc(CN=[N+]=[N-])nn1C. The van der Waals surface area contributed by atoms with E-state index < -0.39 is 0 Å². The highest BCUT2D eigenvalue weighted by atomic mass is 15.3. The Bertz CT molecular complexity index is 274. The van der Waals surface area contributed by atoms with Gasteiger partial charge in [-0.3, -0.25) is 4.68 Å². The summed E-state index contributed by atoms with van der Waals surface area (Å²) in [7, 11) is 1.86. The third-order valence-corrected chi connectivity index (χ3v) is 1.46. The summed E-state index contributed by atoms with van der Waals surface area (Å²) in [6, 6.07) is 1.90. The van der Waals surface area contributed by atoms with Crippen LogP contribution in [0.2, 0.25) is 0 Å². The molecule has 0 fully saturated rings. The maximum atomic E-state index is 8.03. The minimum Gasteiger partial charge on any atom is -0.273 e. The standard InChI is InChI=1S/C6H9N5/c1-5-3-6(4-8-10-7)9-11(5)2/h3H,4H2,1-2H3. The summed E-state index contributed by atoms with van der Waals surface area (Å²) >= 11 is 0. The van der Waals surface area contributed by atoms with Crippen molar-refractivity contribution >= 4 is 0 Å². The maximum absolute atomic E-state index is 8.03. The van der Waals surface area contributed by atoms with Gasteiger partial charge in [0.2, 0.25) is 0 Å². The van der Waals surface area contributed by atoms with E-state index in [9.17, 15) is 0 Å². The van der Waals surface area contributed by atoms with Crippen LogP contribution < -0.4 is 0 Å². The number of aryl methyl sites for hydroxylation is 2. The molecule has 1 aromatic heterocycles. The Kier molecular flexibility index (Phi) is 2.13. The summed E-state index contributed by atoms with van der Waals surface area (Å²) in [4.78, 5) is 2.65. The summed E-state index contributed by atoms with van der Waals surface area (Å²) in [6.45, 7) is 2.28. The van der Waals surface area contributed by atoms with Gasteiger partial charge in [-0.15, -0.1) is 0 Å². The van der Waals surface area contributed by atoms with E-state index in [0.29, 0.717) is 6.54 Å². The van der Waals surface area contributed by atoms with Gasteiger partial charge >= 0.3 is 0 Å². The Morgan fingerprint density at radius 3 is 3.00 bits per heavy atom. The minimum atomic E-state index is 0.332. The summed E-state index contributed by atoms with van der Waals surface area (Å²) in [6.07, 6.45) is 0. The number of azide groups is 1. The van der Waals surface area contributed by atoms with Crippen LogP contribution in [0.25, 0.3) is 10.4 Å². The second kappa shape index (κ2) is 3.07. The van der Waals surface area contributed by atoms with E-state index in [1.54, 1.807) is 4.68 Å². The number of nitrogens with zero attached hydrogens (tertiary/aromatic N) is 5. The highest BCUT2D eigenvalue weighted by molar-refractivity contribution is 5.07. The molecule has 0 aliphatic carbocycles. The van der Waals surface area contributed by atoms with E-state index in [1.807, 2.05) is 20.0 Å². The quantitative estimate of drug-likeness (QED) is 0.359. The molecule has 58 valence electrons. The largest absolute Gasteiger partial charge is 0.273 e. The van der Waals surface area contributed by atoms with E-state index in [2.05, 4.69) is 15.1 Å². The van der Waals surface area contributed by atoms with Gasteiger partial charge in [-0.1, -0.05) is 5.11 Å². The van der Waals surface area contributed by atoms with Gasteiger partial charge in [0, 0.05) is 17.7 Å². The van der Waals surface area contributed by atoms with E-state index in [-0.39, 0.29) is 0 Å². The maximum Gasteiger partial charge on any atom is 0.0702 e. The predicted octanol–water partition coefficient (Wildman–Crippen LogP) is 1.54. The monoisotopic (exact) mass is 151 g/mol. The van der Waals surface area contributed by atoms with Crippen molar-refractivity contribution in [3.05, 3.63) is 27.9 Å². The molecule has 5 nitrogen and oxygen atoms in total. The fourth-order valence-corrected chi connectivity index (χ4v) is 0.816. The molecule has 0 unspecified atom stereocenters. The third kappa shape index (κ3) is 1.72. The number of hydrogen-bond donors (Lipinski definition) is 0. The smallest absolute Gasteiger partial charge is 0.0702 e. The molecule has 0 bridgehead atoms. The van der Waals surface area contributed by atoms with Crippen molar-refractivity contribution in [2.75, 3.05) is 0 Å². The van der Waals surface area contributed by atoms with Gasteiger partial charge in [-0.2, -0.15) is 5.10 Å². The number of aromatic nitrogens is 2. The molecule has 0 aliphatic rings. The highest BCUT2D eigenvalue weighted by Gasteiger charge is 1.97. The first-order valence-corrected chi connectivity index (χ1v) is 3.24. The van der Waals surface area contributed by atoms with E-state index >= 15 is 0 Å². The second-order valence-corrected chi connectivity index (χ2v) is 2.29. The topological polar surface area (TPSA) is 66.6 Å². The first-order valence-electron chi connectivity index (χ1n) is 3.24. The molecule has 0 N–H and O–H groups in total. The molecule has 0 amide bonds. The first kappa shape index (κ1) is 7.63. The van der Waals surface area contributed by atoms with E-state index in [1.165, 1.54) is 0 Å². The normalized spacial score (nSPS) is 9.27. The summed E-state index contributed by atoms with van der Waals surface area (Å²) in [5, 5.41) is 7.50. The van der Waals surface area contributed by atoms with Crippen LogP contribution >= 0.6 is 0 Å². The van der Waals surface area contributed by atoms with Crippen molar-refractivity contribution in [3.63, 3.8) is 0 Å². The molecular formula is C6H9N5. The van der Waals surface area contributed by atoms with Gasteiger partial charge in [0.15, 0.2) is 0 Å². The molecule has 0 aliphatic heterocycles. The first-order chi connectivity index (χ1) is 5.24. The van der Waals surface area contributed by atoms with Crippen molar-refractivity contribution < 1.29 is 0 Å².